The van der Waals surface area contributed by atoms with Crippen LogP contribution in [0.2, 0.25) is 0 Å². The van der Waals surface area contributed by atoms with Gasteiger partial charge in [0.2, 0.25) is 0 Å². The number of fused-ring (bicyclic) bond motifs is 1. The van der Waals surface area contributed by atoms with Crippen LogP contribution in [0.4, 0.5) is 0 Å². The summed E-state index contributed by atoms with van der Waals surface area (Å²) in [6.07, 6.45) is 6.70. The molecule has 0 amide bonds. The summed E-state index contributed by atoms with van der Waals surface area (Å²) in [4.78, 5) is 0. The van der Waals surface area contributed by atoms with E-state index in [1.54, 1.807) is 11.1 Å². The molecule has 1 N–H and O–H groups in total. The fraction of sp³-hybridized carbons (Fsp3) is 0.647. The molecule has 1 saturated carbocycles. The van der Waals surface area contributed by atoms with Crippen molar-refractivity contribution in [3.05, 3.63) is 35.4 Å². The monoisotopic (exact) mass is 243 g/mol. The third-order valence-electron chi connectivity index (χ3n) is 4.98. The molecule has 0 saturated heterocycles. The van der Waals surface area contributed by atoms with Crippen LogP contribution < -0.4 is 5.32 Å². The smallest absolute Gasteiger partial charge is 0.0328 e. The Labute approximate surface area is 111 Å². The van der Waals surface area contributed by atoms with E-state index in [1.165, 1.54) is 32.1 Å². The van der Waals surface area contributed by atoms with Crippen LogP contribution in [0.15, 0.2) is 24.3 Å². The van der Waals surface area contributed by atoms with Crippen molar-refractivity contribution in [2.24, 2.45) is 11.8 Å². The van der Waals surface area contributed by atoms with Gasteiger partial charge in [-0.15, -0.1) is 0 Å². The summed E-state index contributed by atoms with van der Waals surface area (Å²) in [5.74, 6) is 1.76. The predicted molar refractivity (Wildman–Crippen MR) is 76.6 cm³/mol. The van der Waals surface area contributed by atoms with Crippen molar-refractivity contribution in [2.45, 2.75) is 58.0 Å². The standard InChI is InChI=1S/C17H25N/c1-12-7-9-16(13(2)11-12)18-17-10-8-14-5-3-4-6-15(14)17/h3-6,12-13,16-18H,7-11H2,1-2H3. The molecule has 1 aromatic rings. The van der Waals surface area contributed by atoms with Crippen molar-refractivity contribution < 1.29 is 0 Å². The van der Waals surface area contributed by atoms with E-state index in [-0.39, 0.29) is 0 Å². The molecule has 0 aromatic heterocycles. The zero-order valence-corrected chi connectivity index (χ0v) is 11.7. The molecular weight excluding hydrogens is 218 g/mol. The highest BCUT2D eigenvalue weighted by atomic mass is 15.0. The Morgan fingerprint density at radius 2 is 1.89 bits per heavy atom. The minimum absolute atomic E-state index is 0.613. The Hall–Kier alpha value is -0.820. The van der Waals surface area contributed by atoms with Crippen molar-refractivity contribution >= 4 is 0 Å². The van der Waals surface area contributed by atoms with E-state index in [9.17, 15) is 0 Å². The van der Waals surface area contributed by atoms with Crippen molar-refractivity contribution in [2.75, 3.05) is 0 Å². The second-order valence-corrected chi connectivity index (χ2v) is 6.46. The highest BCUT2D eigenvalue weighted by Gasteiger charge is 2.29. The molecule has 4 unspecified atom stereocenters. The van der Waals surface area contributed by atoms with Gasteiger partial charge in [-0.25, -0.2) is 0 Å². The second-order valence-electron chi connectivity index (χ2n) is 6.46. The van der Waals surface area contributed by atoms with Crippen LogP contribution in [0, 0.1) is 11.8 Å². The van der Waals surface area contributed by atoms with Crippen molar-refractivity contribution in [3.63, 3.8) is 0 Å². The Kier molecular flexibility index (Phi) is 3.43. The summed E-state index contributed by atoms with van der Waals surface area (Å²) in [5.41, 5.74) is 3.12. The summed E-state index contributed by atoms with van der Waals surface area (Å²) in [5, 5.41) is 3.94. The zero-order chi connectivity index (χ0) is 12.5. The molecular formula is C17H25N. The Bertz CT molecular complexity index is 412. The maximum absolute atomic E-state index is 3.94. The first-order valence-corrected chi connectivity index (χ1v) is 7.58. The fourth-order valence-electron chi connectivity index (χ4n) is 3.90. The SMILES string of the molecule is CC1CCC(NC2CCc3ccccc32)C(C)C1. The second kappa shape index (κ2) is 5.05. The third kappa shape index (κ3) is 2.33. The van der Waals surface area contributed by atoms with Gasteiger partial charge in [0, 0.05) is 12.1 Å². The van der Waals surface area contributed by atoms with Crippen molar-refractivity contribution in [1.82, 2.24) is 5.32 Å². The van der Waals surface area contributed by atoms with Crippen LogP contribution in [-0.2, 0) is 6.42 Å². The Morgan fingerprint density at radius 3 is 2.72 bits per heavy atom. The molecule has 0 bridgehead atoms. The van der Waals surface area contributed by atoms with Gasteiger partial charge in [0.25, 0.3) is 0 Å². The number of aryl methyl sites for hydroxylation is 1. The van der Waals surface area contributed by atoms with Gasteiger partial charge in [-0.05, 0) is 55.1 Å². The van der Waals surface area contributed by atoms with Crippen LogP contribution in [0.3, 0.4) is 0 Å². The summed E-state index contributed by atoms with van der Waals surface area (Å²) < 4.78 is 0. The van der Waals surface area contributed by atoms with E-state index in [0.717, 1.165) is 17.9 Å². The molecule has 2 aliphatic rings. The topological polar surface area (TPSA) is 12.0 Å². The first-order valence-electron chi connectivity index (χ1n) is 7.58. The Morgan fingerprint density at radius 1 is 1.06 bits per heavy atom. The lowest BCUT2D eigenvalue weighted by atomic mass is 9.79. The van der Waals surface area contributed by atoms with Crippen LogP contribution in [0.1, 0.15) is 56.7 Å². The molecule has 2 aliphatic carbocycles. The summed E-state index contributed by atoms with van der Waals surface area (Å²) in [7, 11) is 0. The van der Waals surface area contributed by atoms with E-state index >= 15 is 0 Å². The molecule has 1 nitrogen and oxygen atoms in total. The average molecular weight is 243 g/mol. The number of hydrogen-bond acceptors (Lipinski definition) is 1. The number of rotatable bonds is 2. The zero-order valence-electron chi connectivity index (χ0n) is 11.7. The van der Waals surface area contributed by atoms with Crippen molar-refractivity contribution in [3.8, 4) is 0 Å². The van der Waals surface area contributed by atoms with Crippen LogP contribution in [0.5, 0.6) is 0 Å². The highest BCUT2D eigenvalue weighted by Crippen LogP contribution is 2.35. The number of hydrogen-bond donors (Lipinski definition) is 1. The third-order valence-corrected chi connectivity index (χ3v) is 4.98. The summed E-state index contributed by atoms with van der Waals surface area (Å²) >= 11 is 0. The minimum Gasteiger partial charge on any atom is -0.307 e. The van der Waals surface area contributed by atoms with Gasteiger partial charge in [0.1, 0.15) is 0 Å². The molecule has 98 valence electrons. The van der Waals surface area contributed by atoms with Gasteiger partial charge in [0.15, 0.2) is 0 Å². The lowest BCUT2D eigenvalue weighted by Crippen LogP contribution is -2.40. The molecule has 0 aliphatic heterocycles. The first kappa shape index (κ1) is 12.2. The normalized spacial score (nSPS) is 35.4. The molecule has 1 aromatic carbocycles. The summed E-state index contributed by atoms with van der Waals surface area (Å²) in [6.45, 7) is 4.83. The molecule has 1 fully saturated rings. The van der Waals surface area contributed by atoms with E-state index in [4.69, 9.17) is 0 Å². The number of benzene rings is 1. The van der Waals surface area contributed by atoms with E-state index < -0.39 is 0 Å². The van der Waals surface area contributed by atoms with Gasteiger partial charge in [-0.1, -0.05) is 38.1 Å². The molecule has 0 heterocycles. The first-order chi connectivity index (χ1) is 8.74. The average Bonchev–Trinajstić information content (AvgIpc) is 2.76. The molecule has 3 rings (SSSR count). The molecule has 4 atom stereocenters. The van der Waals surface area contributed by atoms with Gasteiger partial charge in [0.05, 0.1) is 0 Å². The highest BCUT2D eigenvalue weighted by molar-refractivity contribution is 5.34. The lowest BCUT2D eigenvalue weighted by Gasteiger charge is -2.35. The van der Waals surface area contributed by atoms with Crippen LogP contribution >= 0.6 is 0 Å². The van der Waals surface area contributed by atoms with Gasteiger partial charge >= 0.3 is 0 Å². The maximum atomic E-state index is 3.94. The van der Waals surface area contributed by atoms with Gasteiger partial charge in [-0.3, -0.25) is 0 Å². The molecule has 0 radical (unpaired) electrons. The molecule has 0 spiro atoms. The quantitative estimate of drug-likeness (QED) is 0.825. The van der Waals surface area contributed by atoms with Crippen LogP contribution in [0.25, 0.3) is 0 Å². The van der Waals surface area contributed by atoms with E-state index in [2.05, 4.69) is 43.4 Å². The number of nitrogens with one attached hydrogen (secondary N) is 1. The largest absolute Gasteiger partial charge is 0.307 e. The van der Waals surface area contributed by atoms with Crippen LogP contribution in [-0.4, -0.2) is 6.04 Å². The van der Waals surface area contributed by atoms with Gasteiger partial charge < -0.3 is 5.32 Å². The predicted octanol–water partition coefficient (Wildman–Crippen LogP) is 4.09. The van der Waals surface area contributed by atoms with E-state index in [1.807, 2.05) is 0 Å². The summed E-state index contributed by atoms with van der Waals surface area (Å²) in [6, 6.07) is 10.3. The molecule has 1 heteroatoms. The fourth-order valence-corrected chi connectivity index (χ4v) is 3.90. The van der Waals surface area contributed by atoms with E-state index in [0.29, 0.717) is 6.04 Å². The van der Waals surface area contributed by atoms with Crippen molar-refractivity contribution in [1.29, 1.82) is 0 Å². The lowest BCUT2D eigenvalue weighted by molar-refractivity contribution is 0.213. The van der Waals surface area contributed by atoms with Gasteiger partial charge in [-0.2, -0.15) is 0 Å². The Balaban J connectivity index is 1.68. The molecule has 18 heavy (non-hydrogen) atoms. The minimum atomic E-state index is 0.613. The maximum Gasteiger partial charge on any atom is 0.0328 e.